The second-order valence-corrected chi connectivity index (χ2v) is 10.1. The summed E-state index contributed by atoms with van der Waals surface area (Å²) >= 11 is -2.26. The minimum absolute atomic E-state index is 0.000361. The van der Waals surface area contributed by atoms with Crippen molar-refractivity contribution in [2.45, 2.75) is 36.7 Å². The molecule has 6 N–H and O–H groups in total. The van der Waals surface area contributed by atoms with E-state index in [4.69, 9.17) is 5.73 Å². The van der Waals surface area contributed by atoms with Gasteiger partial charge in [-0.25, -0.2) is 9.19 Å². The van der Waals surface area contributed by atoms with Gasteiger partial charge in [-0.3, -0.25) is 9.59 Å². The SMILES string of the molecule is Nc1nccc2cc(NC3C(=O)NCc4cc(ccc4S(=O)O)NC(=O)CCCc4ccc3cc4)ccc12. The Hall–Kier alpha value is -4.28. The number of hydrogen-bond acceptors (Lipinski definition) is 6. The number of fused-ring (bicyclic) bond motifs is 10. The van der Waals surface area contributed by atoms with E-state index in [1.165, 1.54) is 6.07 Å². The Morgan fingerprint density at radius 2 is 1.82 bits per heavy atom. The van der Waals surface area contributed by atoms with E-state index in [-0.39, 0.29) is 23.3 Å². The molecule has 2 aliphatic rings. The van der Waals surface area contributed by atoms with Gasteiger partial charge in [-0.05, 0) is 77.4 Å². The lowest BCUT2D eigenvalue weighted by Crippen LogP contribution is -2.33. The third-order valence-electron chi connectivity index (χ3n) is 6.54. The van der Waals surface area contributed by atoms with Gasteiger partial charge >= 0.3 is 0 Å². The van der Waals surface area contributed by atoms with Crippen molar-refractivity contribution < 1.29 is 18.4 Å². The number of pyridine rings is 1. The summed E-state index contributed by atoms with van der Waals surface area (Å²) in [5, 5.41) is 10.8. The van der Waals surface area contributed by atoms with Crippen LogP contribution in [0, 0.1) is 0 Å². The number of nitrogen functional groups attached to an aromatic ring is 1. The topological polar surface area (TPSA) is 146 Å². The van der Waals surface area contributed by atoms with Crippen LogP contribution in [-0.4, -0.2) is 25.6 Å². The number of carbonyl (C=O) groups is 2. The molecular weight excluding hydrogens is 502 g/mol. The molecule has 4 bridgehead atoms. The molecule has 0 spiro atoms. The molecule has 0 radical (unpaired) electrons. The molecule has 3 aromatic carbocycles. The quantitative estimate of drug-likeness (QED) is 0.251. The highest BCUT2D eigenvalue weighted by molar-refractivity contribution is 7.79. The summed E-state index contributed by atoms with van der Waals surface area (Å²) < 4.78 is 21.7. The normalized spacial score (nSPS) is 17.0. The van der Waals surface area contributed by atoms with Gasteiger partial charge in [0, 0.05) is 35.9 Å². The van der Waals surface area contributed by atoms with Crippen LogP contribution in [0.4, 0.5) is 17.2 Å². The molecule has 194 valence electrons. The summed E-state index contributed by atoms with van der Waals surface area (Å²) in [6, 6.07) is 19.1. The monoisotopic (exact) mass is 529 g/mol. The van der Waals surface area contributed by atoms with E-state index in [0.29, 0.717) is 36.3 Å². The number of hydrogen-bond donors (Lipinski definition) is 5. The fraction of sp³-hybridized carbons (Fsp3) is 0.179. The van der Waals surface area contributed by atoms with Crippen LogP contribution in [0.2, 0.25) is 0 Å². The number of nitrogens with two attached hydrogens (primary N) is 1. The van der Waals surface area contributed by atoms with Gasteiger partial charge in [0.1, 0.15) is 11.9 Å². The van der Waals surface area contributed by atoms with Crippen LogP contribution in [-0.2, 0) is 33.6 Å². The van der Waals surface area contributed by atoms with Crippen LogP contribution >= 0.6 is 0 Å². The zero-order chi connectivity index (χ0) is 26.6. The van der Waals surface area contributed by atoms with Gasteiger partial charge in [-0.15, -0.1) is 0 Å². The van der Waals surface area contributed by atoms with Gasteiger partial charge in [-0.2, -0.15) is 0 Å². The fourth-order valence-electron chi connectivity index (χ4n) is 4.56. The van der Waals surface area contributed by atoms with Crippen LogP contribution in [0.3, 0.4) is 0 Å². The lowest BCUT2D eigenvalue weighted by atomic mass is 10.0. The maximum absolute atomic E-state index is 13.5. The van der Waals surface area contributed by atoms with Crippen LogP contribution in [0.5, 0.6) is 0 Å². The molecule has 3 heterocycles. The maximum Gasteiger partial charge on any atom is 0.247 e. The van der Waals surface area contributed by atoms with E-state index in [1.807, 2.05) is 48.5 Å². The fourth-order valence-corrected chi connectivity index (χ4v) is 5.10. The molecule has 0 aliphatic carbocycles. The largest absolute Gasteiger partial charge is 0.383 e. The first-order valence-electron chi connectivity index (χ1n) is 12.2. The molecule has 2 atom stereocenters. The van der Waals surface area contributed by atoms with Crippen LogP contribution in [0.25, 0.3) is 10.8 Å². The Morgan fingerprint density at radius 1 is 1.00 bits per heavy atom. The van der Waals surface area contributed by atoms with Crippen LogP contribution in [0.15, 0.2) is 77.8 Å². The van der Waals surface area contributed by atoms with Crippen LogP contribution < -0.4 is 21.7 Å². The van der Waals surface area contributed by atoms with Crippen molar-refractivity contribution >= 4 is 50.9 Å². The number of rotatable bonds is 3. The van der Waals surface area contributed by atoms with Crippen molar-refractivity contribution in [3.63, 3.8) is 0 Å². The van der Waals surface area contributed by atoms with Crippen molar-refractivity contribution in [2.75, 3.05) is 16.4 Å². The van der Waals surface area contributed by atoms with Gasteiger partial charge in [0.25, 0.3) is 0 Å². The summed E-state index contributed by atoms with van der Waals surface area (Å²) in [6.07, 6.45) is 3.35. The zero-order valence-corrected chi connectivity index (χ0v) is 21.3. The Balaban J connectivity index is 1.49. The molecule has 0 saturated carbocycles. The molecule has 1 aromatic heterocycles. The minimum atomic E-state index is -2.26. The lowest BCUT2D eigenvalue weighted by Gasteiger charge is -2.21. The zero-order valence-electron chi connectivity index (χ0n) is 20.4. The Bertz CT molecular complexity index is 1540. The number of nitrogens with zero attached hydrogens (tertiary/aromatic N) is 1. The van der Waals surface area contributed by atoms with Gasteiger partial charge < -0.3 is 26.2 Å². The molecule has 2 unspecified atom stereocenters. The first-order valence-corrected chi connectivity index (χ1v) is 13.3. The van der Waals surface area contributed by atoms with E-state index < -0.39 is 17.1 Å². The van der Waals surface area contributed by atoms with Crippen molar-refractivity contribution in [3.05, 3.63) is 89.6 Å². The average Bonchev–Trinajstić information content (AvgIpc) is 2.90. The highest BCUT2D eigenvalue weighted by Crippen LogP contribution is 2.27. The number of amides is 2. The predicted octanol–water partition coefficient (Wildman–Crippen LogP) is 4.14. The summed E-state index contributed by atoms with van der Waals surface area (Å²) in [6.45, 7) is 0.000361. The van der Waals surface area contributed by atoms with Crippen molar-refractivity contribution in [1.82, 2.24) is 10.3 Å². The molecule has 9 nitrogen and oxygen atoms in total. The molecule has 2 amide bonds. The van der Waals surface area contributed by atoms with Gasteiger partial charge in [0.15, 0.2) is 11.1 Å². The number of aryl methyl sites for hydroxylation is 1. The molecule has 0 saturated heterocycles. The van der Waals surface area contributed by atoms with Crippen molar-refractivity contribution in [3.8, 4) is 0 Å². The molecule has 38 heavy (non-hydrogen) atoms. The number of aromatic nitrogens is 1. The predicted molar refractivity (Wildman–Crippen MR) is 148 cm³/mol. The summed E-state index contributed by atoms with van der Waals surface area (Å²) in [5.74, 6) is -0.0235. The highest BCUT2D eigenvalue weighted by Gasteiger charge is 2.22. The summed E-state index contributed by atoms with van der Waals surface area (Å²) in [4.78, 5) is 30.2. The first-order chi connectivity index (χ1) is 18.4. The third kappa shape index (κ3) is 5.66. The minimum Gasteiger partial charge on any atom is -0.383 e. The van der Waals surface area contributed by atoms with Crippen molar-refractivity contribution in [1.29, 1.82) is 0 Å². The molecule has 2 aliphatic heterocycles. The average molecular weight is 530 g/mol. The van der Waals surface area contributed by atoms with Crippen LogP contribution in [0.1, 0.15) is 35.6 Å². The molecule has 4 aromatic rings. The van der Waals surface area contributed by atoms with E-state index >= 15 is 0 Å². The van der Waals surface area contributed by atoms with Gasteiger partial charge in [0.2, 0.25) is 11.8 Å². The molecule has 6 rings (SSSR count). The second-order valence-electron chi connectivity index (χ2n) is 9.14. The smallest absolute Gasteiger partial charge is 0.247 e. The first kappa shape index (κ1) is 25.4. The Morgan fingerprint density at radius 3 is 2.61 bits per heavy atom. The number of nitrogens with one attached hydrogen (secondary N) is 3. The third-order valence-corrected chi connectivity index (χ3v) is 7.31. The van der Waals surface area contributed by atoms with Gasteiger partial charge in [0.05, 0.1) is 4.90 Å². The molecule has 10 heteroatoms. The summed E-state index contributed by atoms with van der Waals surface area (Å²) in [5.41, 5.74) is 9.48. The lowest BCUT2D eigenvalue weighted by molar-refractivity contribution is -0.122. The molecular formula is C28H27N5O4S. The Labute approximate surface area is 222 Å². The maximum atomic E-state index is 13.5. The van der Waals surface area contributed by atoms with E-state index in [9.17, 15) is 18.4 Å². The summed E-state index contributed by atoms with van der Waals surface area (Å²) in [7, 11) is 0. The number of benzene rings is 3. The highest BCUT2D eigenvalue weighted by atomic mass is 32.2. The van der Waals surface area contributed by atoms with E-state index in [2.05, 4.69) is 20.9 Å². The Kier molecular flexibility index (Phi) is 7.34. The standard InChI is InChI=1S/C28H27N5O4S/c29-27-23-10-8-22(14-19(23)12-13-30-27)33-26-18-6-4-17(5-7-18)2-1-3-25(34)32-21-9-11-24(38(36)37)20(15-21)16-31-28(26)35/h4-15,26,33H,1-3,16H2,(H2,29,30)(H,31,35)(H,32,34)(H,36,37). The van der Waals surface area contributed by atoms with Crippen molar-refractivity contribution in [2.24, 2.45) is 0 Å². The van der Waals surface area contributed by atoms with E-state index in [0.717, 1.165) is 27.6 Å². The van der Waals surface area contributed by atoms with E-state index in [1.54, 1.807) is 18.3 Å². The van der Waals surface area contributed by atoms with Gasteiger partial charge in [-0.1, -0.05) is 24.3 Å². The number of anilines is 3. The number of carbonyl (C=O) groups excluding carboxylic acids is 2. The second kappa shape index (κ2) is 11.0. The molecule has 0 fully saturated rings.